The first-order chi connectivity index (χ1) is 17.6. The fourth-order valence-electron chi connectivity index (χ4n) is 4.58. The minimum Gasteiger partial charge on any atom is -0.507 e. The number of hydrogen-bond acceptors (Lipinski definition) is 6. The lowest BCUT2D eigenvalue weighted by atomic mass is 9.85. The van der Waals surface area contributed by atoms with Crippen molar-refractivity contribution in [3.63, 3.8) is 0 Å². The van der Waals surface area contributed by atoms with E-state index >= 15 is 0 Å². The standard InChI is InChI=1S/C29H26BrNO6/c1-29(2,3)18-8-5-16(6-9-18)25-24(26(32)17-7-11-21(35-4)20(30)13-17)27(33)28(34)31(25)19-10-12-22-23(14-19)37-15-36-22/h5-14,25,32H,15H2,1-4H3/b26-24+. The SMILES string of the molecule is COc1ccc(/C(O)=C2\C(=O)C(=O)N(c3ccc4c(c3)OCO4)C2c2ccc(C(C)(C)C)cc2)cc1Br. The molecule has 3 aromatic rings. The Hall–Kier alpha value is -3.78. The fourth-order valence-corrected chi connectivity index (χ4v) is 5.12. The molecular formula is C29H26BrNO6. The third-order valence-corrected chi connectivity index (χ3v) is 7.22. The molecule has 1 saturated heterocycles. The number of aliphatic hydroxyl groups is 1. The second kappa shape index (κ2) is 9.27. The van der Waals surface area contributed by atoms with Crippen LogP contribution in [-0.2, 0) is 15.0 Å². The lowest BCUT2D eigenvalue weighted by molar-refractivity contribution is -0.132. The summed E-state index contributed by atoms with van der Waals surface area (Å²) in [5.74, 6) is -0.152. The van der Waals surface area contributed by atoms with Crippen LogP contribution in [0.5, 0.6) is 17.2 Å². The number of rotatable bonds is 4. The molecule has 7 nitrogen and oxygen atoms in total. The van der Waals surface area contributed by atoms with Crippen molar-refractivity contribution in [3.8, 4) is 17.2 Å². The van der Waals surface area contributed by atoms with Crippen molar-refractivity contribution in [2.75, 3.05) is 18.8 Å². The predicted octanol–water partition coefficient (Wildman–Crippen LogP) is 6.11. The summed E-state index contributed by atoms with van der Waals surface area (Å²) >= 11 is 3.43. The van der Waals surface area contributed by atoms with Gasteiger partial charge < -0.3 is 19.3 Å². The van der Waals surface area contributed by atoms with Gasteiger partial charge in [-0.3, -0.25) is 14.5 Å². The molecule has 2 heterocycles. The first-order valence-corrected chi connectivity index (χ1v) is 12.5. The number of halogens is 1. The molecule has 0 radical (unpaired) electrons. The summed E-state index contributed by atoms with van der Waals surface area (Å²) in [5, 5.41) is 11.4. The summed E-state index contributed by atoms with van der Waals surface area (Å²) < 4.78 is 16.8. The van der Waals surface area contributed by atoms with Gasteiger partial charge in [0, 0.05) is 17.3 Å². The van der Waals surface area contributed by atoms with E-state index in [1.807, 2.05) is 24.3 Å². The molecule has 3 aromatic carbocycles. The molecule has 2 aliphatic rings. The van der Waals surface area contributed by atoms with Crippen molar-refractivity contribution in [1.29, 1.82) is 0 Å². The number of methoxy groups -OCH3 is 1. The van der Waals surface area contributed by atoms with E-state index < -0.39 is 17.7 Å². The number of benzene rings is 3. The molecule has 37 heavy (non-hydrogen) atoms. The zero-order chi connectivity index (χ0) is 26.5. The van der Waals surface area contributed by atoms with Gasteiger partial charge in [-0.05, 0) is 62.8 Å². The van der Waals surface area contributed by atoms with Crippen molar-refractivity contribution in [2.45, 2.75) is 32.2 Å². The quantitative estimate of drug-likeness (QED) is 0.234. The van der Waals surface area contributed by atoms with Crippen LogP contribution in [0.15, 0.2) is 70.7 Å². The first kappa shape index (κ1) is 24.9. The molecule has 1 unspecified atom stereocenters. The monoisotopic (exact) mass is 563 g/mol. The smallest absolute Gasteiger partial charge is 0.300 e. The maximum absolute atomic E-state index is 13.5. The molecule has 8 heteroatoms. The van der Waals surface area contributed by atoms with Gasteiger partial charge in [0.15, 0.2) is 11.5 Å². The molecule has 2 aliphatic heterocycles. The third kappa shape index (κ3) is 4.35. The van der Waals surface area contributed by atoms with Gasteiger partial charge in [-0.25, -0.2) is 0 Å². The van der Waals surface area contributed by atoms with Gasteiger partial charge in [-0.1, -0.05) is 45.0 Å². The van der Waals surface area contributed by atoms with Crippen molar-refractivity contribution >= 4 is 39.1 Å². The van der Waals surface area contributed by atoms with Crippen molar-refractivity contribution in [2.24, 2.45) is 0 Å². The second-order valence-corrected chi connectivity index (χ2v) is 10.8. The van der Waals surface area contributed by atoms with E-state index in [0.29, 0.717) is 38.5 Å². The Labute approximate surface area is 223 Å². The highest BCUT2D eigenvalue weighted by Crippen LogP contribution is 2.45. The lowest BCUT2D eigenvalue weighted by Crippen LogP contribution is -2.29. The van der Waals surface area contributed by atoms with Crippen molar-refractivity contribution < 1.29 is 28.9 Å². The molecule has 1 amide bonds. The molecule has 0 spiro atoms. The summed E-state index contributed by atoms with van der Waals surface area (Å²) in [7, 11) is 1.54. The van der Waals surface area contributed by atoms with Gasteiger partial charge in [0.2, 0.25) is 6.79 Å². The van der Waals surface area contributed by atoms with Crippen molar-refractivity contribution in [3.05, 3.63) is 87.4 Å². The van der Waals surface area contributed by atoms with E-state index in [1.54, 1.807) is 36.4 Å². The van der Waals surface area contributed by atoms with Crippen LogP contribution in [0.1, 0.15) is 43.5 Å². The summed E-state index contributed by atoms with van der Waals surface area (Å²) in [6.45, 7) is 6.42. The Morgan fingerprint density at radius 3 is 2.35 bits per heavy atom. The summed E-state index contributed by atoms with van der Waals surface area (Å²) in [5.41, 5.74) is 2.57. The highest BCUT2D eigenvalue weighted by molar-refractivity contribution is 9.10. The van der Waals surface area contributed by atoms with Gasteiger partial charge in [-0.15, -0.1) is 0 Å². The predicted molar refractivity (Wildman–Crippen MR) is 143 cm³/mol. The highest BCUT2D eigenvalue weighted by atomic mass is 79.9. The number of nitrogens with zero attached hydrogens (tertiary/aromatic N) is 1. The summed E-state index contributed by atoms with van der Waals surface area (Å²) in [4.78, 5) is 28.3. The van der Waals surface area contributed by atoms with Crippen LogP contribution >= 0.6 is 15.9 Å². The van der Waals surface area contributed by atoms with E-state index in [-0.39, 0.29) is 23.5 Å². The molecule has 0 saturated carbocycles. The van der Waals surface area contributed by atoms with E-state index in [0.717, 1.165) is 5.56 Å². The number of anilines is 1. The van der Waals surface area contributed by atoms with E-state index in [2.05, 4.69) is 36.7 Å². The molecule has 1 fully saturated rings. The first-order valence-electron chi connectivity index (χ1n) is 11.7. The average Bonchev–Trinajstić information content (AvgIpc) is 3.45. The zero-order valence-electron chi connectivity index (χ0n) is 20.9. The van der Waals surface area contributed by atoms with Gasteiger partial charge in [0.05, 0.1) is 23.2 Å². The normalized spacial score (nSPS) is 18.4. The van der Waals surface area contributed by atoms with E-state index in [9.17, 15) is 14.7 Å². The summed E-state index contributed by atoms with van der Waals surface area (Å²) in [6, 6.07) is 17.0. The fraction of sp³-hybridized carbons (Fsp3) is 0.241. The van der Waals surface area contributed by atoms with E-state index in [4.69, 9.17) is 14.2 Å². The molecule has 1 N–H and O–H groups in total. The molecule has 0 aliphatic carbocycles. The number of ketones is 1. The van der Waals surface area contributed by atoms with Crippen LogP contribution in [0.3, 0.4) is 0 Å². The Kier molecular flexibility index (Phi) is 6.23. The number of carbonyl (C=O) groups is 2. The molecule has 1 atom stereocenters. The topological polar surface area (TPSA) is 85.3 Å². The number of Topliss-reactive ketones (excluding diaryl/α,β-unsaturated/α-hetero) is 1. The van der Waals surface area contributed by atoms with Gasteiger partial charge in [0.1, 0.15) is 11.5 Å². The van der Waals surface area contributed by atoms with Gasteiger partial charge in [-0.2, -0.15) is 0 Å². The number of hydrogen-bond donors (Lipinski definition) is 1. The molecule has 5 rings (SSSR count). The largest absolute Gasteiger partial charge is 0.507 e. The van der Waals surface area contributed by atoms with Gasteiger partial charge in [0.25, 0.3) is 11.7 Å². The van der Waals surface area contributed by atoms with E-state index in [1.165, 1.54) is 12.0 Å². The van der Waals surface area contributed by atoms with Gasteiger partial charge >= 0.3 is 0 Å². The Morgan fingerprint density at radius 2 is 1.70 bits per heavy atom. The zero-order valence-corrected chi connectivity index (χ0v) is 22.5. The Morgan fingerprint density at radius 1 is 1.00 bits per heavy atom. The molecule has 0 bridgehead atoms. The molecular weight excluding hydrogens is 538 g/mol. The van der Waals surface area contributed by atoms with Crippen LogP contribution in [-0.4, -0.2) is 30.7 Å². The van der Waals surface area contributed by atoms with Crippen LogP contribution in [0, 0.1) is 0 Å². The maximum atomic E-state index is 13.5. The van der Waals surface area contributed by atoms with Crippen LogP contribution in [0.4, 0.5) is 5.69 Å². The lowest BCUT2D eigenvalue weighted by Gasteiger charge is -2.26. The molecule has 190 valence electrons. The Bertz CT molecular complexity index is 1440. The average molecular weight is 564 g/mol. The van der Waals surface area contributed by atoms with Crippen molar-refractivity contribution in [1.82, 2.24) is 0 Å². The van der Waals surface area contributed by atoms with Crippen LogP contribution in [0.25, 0.3) is 5.76 Å². The minimum atomic E-state index is -0.852. The highest BCUT2D eigenvalue weighted by Gasteiger charge is 2.47. The Balaban J connectivity index is 1.69. The number of fused-ring (bicyclic) bond motifs is 1. The number of ether oxygens (including phenoxy) is 3. The van der Waals surface area contributed by atoms with Crippen LogP contribution < -0.4 is 19.1 Å². The molecule has 0 aromatic heterocycles. The number of aliphatic hydroxyl groups excluding tert-OH is 1. The number of amides is 1. The maximum Gasteiger partial charge on any atom is 0.300 e. The van der Waals surface area contributed by atoms with Crippen LogP contribution in [0.2, 0.25) is 0 Å². The second-order valence-electron chi connectivity index (χ2n) is 9.93. The minimum absolute atomic E-state index is 0.00300. The third-order valence-electron chi connectivity index (χ3n) is 6.60. The number of carbonyl (C=O) groups excluding carboxylic acids is 2. The summed E-state index contributed by atoms with van der Waals surface area (Å²) in [6.07, 6.45) is 0.